The molecule has 4 heteroatoms. The van der Waals surface area contributed by atoms with Crippen LogP contribution in [0.15, 0.2) is 29.2 Å². The lowest BCUT2D eigenvalue weighted by Crippen LogP contribution is -2.35. The molecule has 0 radical (unpaired) electrons. The van der Waals surface area contributed by atoms with E-state index in [0.29, 0.717) is 13.2 Å². The monoisotopic (exact) mass is 265 g/mol. The summed E-state index contributed by atoms with van der Waals surface area (Å²) >= 11 is 1.72. The van der Waals surface area contributed by atoms with Gasteiger partial charge in [-0.1, -0.05) is 12.1 Å². The first kappa shape index (κ1) is 13.4. The quantitative estimate of drug-likeness (QED) is 0.784. The second kappa shape index (κ2) is 6.25. The number of hydrogen-bond acceptors (Lipinski definition) is 3. The van der Waals surface area contributed by atoms with Gasteiger partial charge >= 0.3 is 0 Å². The van der Waals surface area contributed by atoms with Crippen LogP contribution in [-0.2, 0) is 16.1 Å². The number of benzene rings is 1. The zero-order valence-corrected chi connectivity index (χ0v) is 11.7. The molecular weight excluding hydrogens is 246 g/mol. The Bertz CT molecular complexity index is 399. The second-order valence-electron chi connectivity index (χ2n) is 4.54. The zero-order valence-electron chi connectivity index (χ0n) is 10.9. The SMILES string of the molecule is CSc1ccc(CN(C)C(=O)C2CCCO2)cc1. The molecule has 98 valence electrons. The van der Waals surface area contributed by atoms with Crippen LogP contribution in [-0.4, -0.2) is 36.8 Å². The lowest BCUT2D eigenvalue weighted by molar-refractivity contribution is -0.140. The van der Waals surface area contributed by atoms with Crippen molar-refractivity contribution in [1.29, 1.82) is 0 Å². The summed E-state index contributed by atoms with van der Waals surface area (Å²) in [6.45, 7) is 1.36. The molecule has 1 aromatic rings. The highest BCUT2D eigenvalue weighted by molar-refractivity contribution is 7.98. The molecule has 1 saturated heterocycles. The van der Waals surface area contributed by atoms with Crippen LogP contribution in [0, 0.1) is 0 Å². The molecule has 1 unspecified atom stereocenters. The van der Waals surface area contributed by atoms with E-state index in [1.807, 2.05) is 7.05 Å². The van der Waals surface area contributed by atoms with Crippen LogP contribution in [0.3, 0.4) is 0 Å². The summed E-state index contributed by atoms with van der Waals surface area (Å²) in [7, 11) is 1.84. The maximum absolute atomic E-state index is 12.1. The van der Waals surface area contributed by atoms with Crippen molar-refractivity contribution in [2.24, 2.45) is 0 Å². The van der Waals surface area contributed by atoms with Gasteiger partial charge in [-0.25, -0.2) is 0 Å². The second-order valence-corrected chi connectivity index (χ2v) is 5.42. The number of nitrogens with zero attached hydrogens (tertiary/aromatic N) is 1. The van der Waals surface area contributed by atoms with Crippen molar-refractivity contribution < 1.29 is 9.53 Å². The number of carbonyl (C=O) groups excluding carboxylic acids is 1. The van der Waals surface area contributed by atoms with Crippen molar-refractivity contribution in [3.05, 3.63) is 29.8 Å². The van der Waals surface area contributed by atoms with Crippen LogP contribution in [0.5, 0.6) is 0 Å². The third-order valence-corrected chi connectivity index (χ3v) is 3.90. The van der Waals surface area contributed by atoms with Crippen molar-refractivity contribution in [2.75, 3.05) is 19.9 Å². The van der Waals surface area contributed by atoms with E-state index in [1.165, 1.54) is 4.90 Å². The van der Waals surface area contributed by atoms with E-state index < -0.39 is 0 Å². The smallest absolute Gasteiger partial charge is 0.251 e. The van der Waals surface area contributed by atoms with Gasteiger partial charge in [0.15, 0.2) is 0 Å². The lowest BCUT2D eigenvalue weighted by atomic mass is 10.2. The van der Waals surface area contributed by atoms with E-state index in [2.05, 4.69) is 30.5 Å². The van der Waals surface area contributed by atoms with Gasteiger partial charge in [-0.3, -0.25) is 4.79 Å². The Morgan fingerprint density at radius 3 is 2.72 bits per heavy atom. The predicted octanol–water partition coefficient (Wildman–Crippen LogP) is 2.55. The zero-order chi connectivity index (χ0) is 13.0. The molecule has 1 aliphatic heterocycles. The van der Waals surface area contributed by atoms with Crippen molar-refractivity contribution in [3.63, 3.8) is 0 Å². The van der Waals surface area contributed by atoms with Gasteiger partial charge in [-0.2, -0.15) is 0 Å². The third-order valence-electron chi connectivity index (χ3n) is 3.16. The molecule has 1 fully saturated rings. The number of ether oxygens (including phenoxy) is 1. The van der Waals surface area contributed by atoms with Crippen molar-refractivity contribution in [3.8, 4) is 0 Å². The molecule has 2 rings (SSSR count). The minimum Gasteiger partial charge on any atom is -0.368 e. The van der Waals surface area contributed by atoms with E-state index in [-0.39, 0.29) is 12.0 Å². The summed E-state index contributed by atoms with van der Waals surface area (Å²) in [5, 5.41) is 0. The summed E-state index contributed by atoms with van der Waals surface area (Å²) < 4.78 is 5.42. The van der Waals surface area contributed by atoms with Gasteiger partial charge in [0.1, 0.15) is 6.10 Å². The summed E-state index contributed by atoms with van der Waals surface area (Å²) in [6.07, 6.45) is 3.68. The molecule has 0 bridgehead atoms. The van der Waals surface area contributed by atoms with Crippen molar-refractivity contribution >= 4 is 17.7 Å². The average molecular weight is 265 g/mol. The molecule has 1 amide bonds. The largest absolute Gasteiger partial charge is 0.368 e. The number of likely N-dealkylation sites (N-methyl/N-ethyl adjacent to an activating group) is 1. The Morgan fingerprint density at radius 1 is 1.44 bits per heavy atom. The Kier molecular flexibility index (Phi) is 4.66. The highest BCUT2D eigenvalue weighted by Crippen LogP contribution is 2.18. The lowest BCUT2D eigenvalue weighted by Gasteiger charge is -2.20. The summed E-state index contributed by atoms with van der Waals surface area (Å²) in [4.78, 5) is 15.1. The fraction of sp³-hybridized carbons (Fsp3) is 0.500. The van der Waals surface area contributed by atoms with Crippen molar-refractivity contribution in [1.82, 2.24) is 4.90 Å². The maximum atomic E-state index is 12.1. The first-order valence-corrected chi connectivity index (χ1v) is 7.42. The molecule has 0 N–H and O–H groups in total. The molecule has 18 heavy (non-hydrogen) atoms. The van der Waals surface area contributed by atoms with E-state index in [9.17, 15) is 4.79 Å². The van der Waals surface area contributed by atoms with Crippen LogP contribution in [0.1, 0.15) is 18.4 Å². The fourth-order valence-electron chi connectivity index (χ4n) is 2.10. The van der Waals surface area contributed by atoms with E-state index in [1.54, 1.807) is 16.7 Å². The third kappa shape index (κ3) is 3.27. The van der Waals surface area contributed by atoms with E-state index in [0.717, 1.165) is 18.4 Å². The molecule has 1 atom stereocenters. The molecule has 3 nitrogen and oxygen atoms in total. The molecule has 1 heterocycles. The first-order valence-electron chi connectivity index (χ1n) is 6.20. The average Bonchev–Trinajstić information content (AvgIpc) is 2.92. The number of amides is 1. The molecule has 0 saturated carbocycles. The van der Waals surface area contributed by atoms with Gasteiger partial charge in [0.2, 0.25) is 0 Å². The number of rotatable bonds is 4. The highest BCUT2D eigenvalue weighted by Gasteiger charge is 2.26. The van der Waals surface area contributed by atoms with Gasteiger partial charge in [0, 0.05) is 25.1 Å². The number of hydrogen-bond donors (Lipinski definition) is 0. The Hall–Kier alpha value is -1.00. The van der Waals surface area contributed by atoms with Gasteiger partial charge in [0.25, 0.3) is 5.91 Å². The van der Waals surface area contributed by atoms with Crippen LogP contribution in [0.2, 0.25) is 0 Å². The minimum atomic E-state index is -0.222. The normalized spacial score (nSPS) is 18.9. The maximum Gasteiger partial charge on any atom is 0.251 e. The highest BCUT2D eigenvalue weighted by atomic mass is 32.2. The van der Waals surface area contributed by atoms with Gasteiger partial charge in [-0.05, 0) is 36.8 Å². The Balaban J connectivity index is 1.92. The summed E-state index contributed by atoms with van der Waals surface area (Å²) in [5.41, 5.74) is 1.15. The molecule has 0 aliphatic carbocycles. The summed E-state index contributed by atoms with van der Waals surface area (Å²) in [6, 6.07) is 8.32. The number of carbonyl (C=O) groups is 1. The van der Waals surface area contributed by atoms with Gasteiger partial charge < -0.3 is 9.64 Å². The number of thioether (sulfide) groups is 1. The molecular formula is C14H19NO2S. The topological polar surface area (TPSA) is 29.5 Å². The molecule has 0 spiro atoms. The predicted molar refractivity (Wildman–Crippen MR) is 73.7 cm³/mol. The van der Waals surface area contributed by atoms with E-state index >= 15 is 0 Å². The van der Waals surface area contributed by atoms with Crippen molar-refractivity contribution in [2.45, 2.75) is 30.4 Å². The Labute approximate surface area is 113 Å². The molecule has 1 aromatic carbocycles. The molecule has 1 aliphatic rings. The first-order chi connectivity index (χ1) is 8.70. The molecule has 0 aromatic heterocycles. The van der Waals surface area contributed by atoms with Crippen LogP contribution in [0.4, 0.5) is 0 Å². The fourth-order valence-corrected chi connectivity index (χ4v) is 2.51. The minimum absolute atomic E-state index is 0.0986. The van der Waals surface area contributed by atoms with E-state index in [4.69, 9.17) is 4.74 Å². The van der Waals surface area contributed by atoms with Crippen LogP contribution >= 0.6 is 11.8 Å². The van der Waals surface area contributed by atoms with Crippen LogP contribution < -0.4 is 0 Å². The standard InChI is InChI=1S/C14H19NO2S/c1-15(14(16)13-4-3-9-17-13)10-11-5-7-12(18-2)8-6-11/h5-8,13H,3-4,9-10H2,1-2H3. The van der Waals surface area contributed by atoms with Gasteiger partial charge in [-0.15, -0.1) is 11.8 Å². The summed E-state index contributed by atoms with van der Waals surface area (Å²) in [5.74, 6) is 0.0986. The van der Waals surface area contributed by atoms with Crippen LogP contribution in [0.25, 0.3) is 0 Å². The Morgan fingerprint density at radius 2 is 2.17 bits per heavy atom. The van der Waals surface area contributed by atoms with Gasteiger partial charge in [0.05, 0.1) is 0 Å².